The third-order valence-electron chi connectivity index (χ3n) is 1.21. The first-order valence-electron chi connectivity index (χ1n) is 4.04. The van der Waals surface area contributed by atoms with Crippen molar-refractivity contribution in [1.82, 2.24) is 5.32 Å². The van der Waals surface area contributed by atoms with Gasteiger partial charge in [0.2, 0.25) is 5.91 Å². The minimum Gasteiger partial charge on any atom is -0.356 e. The van der Waals surface area contributed by atoms with Crippen molar-refractivity contribution in [3.05, 3.63) is 12.2 Å². The van der Waals surface area contributed by atoms with Gasteiger partial charge in [-0.2, -0.15) is 0 Å². The smallest absolute Gasteiger partial charge is 0.216 e. The summed E-state index contributed by atoms with van der Waals surface area (Å²) in [5.41, 5.74) is 0. The van der Waals surface area contributed by atoms with Gasteiger partial charge in [0, 0.05) is 13.5 Å². The van der Waals surface area contributed by atoms with Crippen LogP contribution >= 0.6 is 0 Å². The van der Waals surface area contributed by atoms with Crippen molar-refractivity contribution in [1.29, 1.82) is 0 Å². The molecule has 64 valence electrons. The largest absolute Gasteiger partial charge is 0.356 e. The number of carbonyl (C=O) groups excluding carboxylic acids is 1. The van der Waals surface area contributed by atoms with Crippen molar-refractivity contribution in [3.63, 3.8) is 0 Å². The first-order valence-corrected chi connectivity index (χ1v) is 4.04. The number of carbonyl (C=O) groups is 1. The summed E-state index contributed by atoms with van der Waals surface area (Å²) in [6.45, 7) is 6.55. The van der Waals surface area contributed by atoms with Gasteiger partial charge in [0.25, 0.3) is 0 Å². The van der Waals surface area contributed by atoms with Gasteiger partial charge < -0.3 is 5.32 Å². The van der Waals surface area contributed by atoms with Crippen LogP contribution in [0.3, 0.4) is 0 Å². The summed E-state index contributed by atoms with van der Waals surface area (Å²) in [5, 5.41) is 2.73. The first-order chi connectivity index (χ1) is 5.13. The Morgan fingerprint density at radius 2 is 2.18 bits per heavy atom. The molecule has 2 nitrogen and oxygen atoms in total. The maximum absolute atomic E-state index is 10.4. The minimum absolute atomic E-state index is 0.0444. The summed E-state index contributed by atoms with van der Waals surface area (Å²) in [6.07, 6.45) is 5.17. The molecule has 0 aromatic heterocycles. The molecule has 0 aliphatic carbocycles. The average molecular weight is 155 g/mol. The molecular formula is C9H17NO. The van der Waals surface area contributed by atoms with Crippen LogP contribution < -0.4 is 5.32 Å². The van der Waals surface area contributed by atoms with Crippen LogP contribution in [0.4, 0.5) is 0 Å². The van der Waals surface area contributed by atoms with Crippen LogP contribution in [0.15, 0.2) is 12.2 Å². The maximum Gasteiger partial charge on any atom is 0.216 e. The van der Waals surface area contributed by atoms with Crippen molar-refractivity contribution in [3.8, 4) is 0 Å². The van der Waals surface area contributed by atoms with Gasteiger partial charge >= 0.3 is 0 Å². The maximum atomic E-state index is 10.4. The Kier molecular flexibility index (Phi) is 5.53. The monoisotopic (exact) mass is 155 g/mol. The molecule has 0 rings (SSSR count). The van der Waals surface area contributed by atoms with Crippen LogP contribution in [0, 0.1) is 5.92 Å². The Morgan fingerprint density at radius 3 is 2.64 bits per heavy atom. The van der Waals surface area contributed by atoms with Crippen LogP contribution in [-0.4, -0.2) is 12.5 Å². The molecule has 2 heteroatoms. The molecule has 1 amide bonds. The summed E-state index contributed by atoms with van der Waals surface area (Å²) >= 11 is 0. The fourth-order valence-electron chi connectivity index (χ4n) is 0.700. The molecule has 0 aromatic carbocycles. The summed E-state index contributed by atoms with van der Waals surface area (Å²) in [5.74, 6) is 0.648. The van der Waals surface area contributed by atoms with E-state index in [-0.39, 0.29) is 5.91 Å². The molecule has 1 N–H and O–H groups in total. The highest BCUT2D eigenvalue weighted by Crippen LogP contribution is 1.94. The summed E-state index contributed by atoms with van der Waals surface area (Å²) < 4.78 is 0. The van der Waals surface area contributed by atoms with Crippen molar-refractivity contribution >= 4 is 5.91 Å². The van der Waals surface area contributed by atoms with Crippen LogP contribution in [-0.2, 0) is 4.79 Å². The van der Waals surface area contributed by atoms with Crippen molar-refractivity contribution in [2.24, 2.45) is 5.92 Å². The second-order valence-corrected chi connectivity index (χ2v) is 2.94. The molecule has 0 heterocycles. The molecule has 0 bridgehead atoms. The Morgan fingerprint density at radius 1 is 1.55 bits per heavy atom. The van der Waals surface area contributed by atoms with E-state index in [9.17, 15) is 4.79 Å². The fraction of sp³-hybridized carbons (Fsp3) is 0.667. The molecule has 0 unspecified atom stereocenters. The lowest BCUT2D eigenvalue weighted by molar-refractivity contribution is -0.118. The SMILES string of the molecule is CC(=O)NCC/C=C/C(C)C. The zero-order valence-corrected chi connectivity index (χ0v) is 7.55. The molecule has 0 radical (unpaired) electrons. The quantitative estimate of drug-likeness (QED) is 0.486. The van der Waals surface area contributed by atoms with Crippen LogP contribution in [0.2, 0.25) is 0 Å². The molecular weight excluding hydrogens is 138 g/mol. The van der Waals surface area contributed by atoms with Gasteiger partial charge in [-0.1, -0.05) is 26.0 Å². The van der Waals surface area contributed by atoms with Gasteiger partial charge in [-0.15, -0.1) is 0 Å². The van der Waals surface area contributed by atoms with E-state index in [0.29, 0.717) is 5.92 Å². The number of nitrogens with one attached hydrogen (secondary N) is 1. The highest BCUT2D eigenvalue weighted by molar-refractivity contribution is 5.72. The molecule has 0 fully saturated rings. The zero-order chi connectivity index (χ0) is 8.69. The molecule has 0 spiro atoms. The van der Waals surface area contributed by atoms with Crippen molar-refractivity contribution in [2.75, 3.05) is 6.54 Å². The molecule has 0 aliphatic heterocycles. The molecule has 0 atom stereocenters. The number of hydrogen-bond acceptors (Lipinski definition) is 1. The summed E-state index contributed by atoms with van der Waals surface area (Å²) in [4.78, 5) is 10.4. The highest BCUT2D eigenvalue weighted by atomic mass is 16.1. The predicted molar refractivity (Wildman–Crippen MR) is 47.3 cm³/mol. The molecule has 11 heavy (non-hydrogen) atoms. The second-order valence-electron chi connectivity index (χ2n) is 2.94. The van der Waals surface area contributed by atoms with Gasteiger partial charge in [-0.05, 0) is 12.3 Å². The van der Waals surface area contributed by atoms with E-state index in [0.717, 1.165) is 13.0 Å². The van der Waals surface area contributed by atoms with Crippen molar-refractivity contribution < 1.29 is 4.79 Å². The Labute approximate surface area is 68.7 Å². The molecule has 0 aromatic rings. The highest BCUT2D eigenvalue weighted by Gasteiger charge is 1.87. The van der Waals surface area contributed by atoms with E-state index in [1.54, 1.807) is 0 Å². The number of rotatable bonds is 4. The second kappa shape index (κ2) is 5.96. The molecule has 0 saturated heterocycles. The van der Waals surface area contributed by atoms with Crippen LogP contribution in [0.25, 0.3) is 0 Å². The van der Waals surface area contributed by atoms with Crippen LogP contribution in [0.5, 0.6) is 0 Å². The zero-order valence-electron chi connectivity index (χ0n) is 7.55. The number of amides is 1. The van der Waals surface area contributed by atoms with E-state index >= 15 is 0 Å². The van der Waals surface area contributed by atoms with Gasteiger partial charge in [0.15, 0.2) is 0 Å². The number of allylic oxidation sites excluding steroid dienone is 1. The Balaban J connectivity index is 3.20. The van der Waals surface area contributed by atoms with E-state index in [2.05, 4.69) is 31.3 Å². The van der Waals surface area contributed by atoms with Crippen molar-refractivity contribution in [2.45, 2.75) is 27.2 Å². The lowest BCUT2D eigenvalue weighted by Crippen LogP contribution is -2.20. The number of hydrogen-bond donors (Lipinski definition) is 1. The Hall–Kier alpha value is -0.790. The fourth-order valence-corrected chi connectivity index (χ4v) is 0.700. The van der Waals surface area contributed by atoms with Gasteiger partial charge in [0.05, 0.1) is 0 Å². The van der Waals surface area contributed by atoms with Gasteiger partial charge in [-0.25, -0.2) is 0 Å². The van der Waals surface area contributed by atoms with E-state index in [1.165, 1.54) is 6.92 Å². The standard InChI is InChI=1S/C9H17NO/c1-8(2)6-4-5-7-10-9(3)11/h4,6,8H,5,7H2,1-3H3,(H,10,11)/b6-4+. The average Bonchev–Trinajstić information content (AvgIpc) is 1.85. The van der Waals surface area contributed by atoms with E-state index in [4.69, 9.17) is 0 Å². The molecule has 0 saturated carbocycles. The Bertz CT molecular complexity index is 138. The summed E-state index contributed by atoms with van der Waals surface area (Å²) in [7, 11) is 0. The van der Waals surface area contributed by atoms with Gasteiger partial charge in [-0.3, -0.25) is 4.79 Å². The van der Waals surface area contributed by atoms with Gasteiger partial charge in [0.1, 0.15) is 0 Å². The van der Waals surface area contributed by atoms with E-state index < -0.39 is 0 Å². The first kappa shape index (κ1) is 10.2. The minimum atomic E-state index is 0.0444. The third kappa shape index (κ3) is 9.21. The lowest BCUT2D eigenvalue weighted by atomic mass is 10.2. The summed E-state index contributed by atoms with van der Waals surface area (Å²) in [6, 6.07) is 0. The predicted octanol–water partition coefficient (Wildman–Crippen LogP) is 1.72. The topological polar surface area (TPSA) is 29.1 Å². The van der Waals surface area contributed by atoms with Crippen LogP contribution in [0.1, 0.15) is 27.2 Å². The third-order valence-corrected chi connectivity index (χ3v) is 1.21. The van der Waals surface area contributed by atoms with E-state index in [1.807, 2.05) is 0 Å². The molecule has 0 aliphatic rings. The normalized spacial score (nSPS) is 10.9. The lowest BCUT2D eigenvalue weighted by Gasteiger charge is -1.97.